The van der Waals surface area contributed by atoms with Crippen LogP contribution in [-0.2, 0) is 0 Å². The van der Waals surface area contributed by atoms with E-state index >= 15 is 0 Å². The van der Waals surface area contributed by atoms with E-state index in [0.717, 1.165) is 6.07 Å². The minimum absolute atomic E-state index is 0.0895. The smallest absolute Gasteiger partial charge is 0.273 e. The maximum Gasteiger partial charge on any atom is 0.273 e. The molecule has 0 saturated carbocycles. The lowest BCUT2D eigenvalue weighted by Crippen LogP contribution is -2.43. The second kappa shape index (κ2) is 6.50. The Morgan fingerprint density at radius 1 is 1.04 bits per heavy atom. The van der Waals surface area contributed by atoms with E-state index in [1.807, 2.05) is 0 Å². The molecule has 0 saturated heterocycles. The summed E-state index contributed by atoms with van der Waals surface area (Å²) in [6, 6.07) is 8.81. The van der Waals surface area contributed by atoms with Crippen molar-refractivity contribution in [3.05, 3.63) is 42.0 Å². The van der Waals surface area contributed by atoms with Crippen molar-refractivity contribution in [2.24, 2.45) is 0 Å². The Kier molecular flexibility index (Phi) is 4.25. The highest BCUT2D eigenvalue weighted by molar-refractivity contribution is 7.80. The molecule has 0 bridgehead atoms. The van der Waals surface area contributed by atoms with Crippen LogP contribution in [0.2, 0.25) is 0 Å². The minimum atomic E-state index is -0.654. The molecule has 124 valence electrons. The number of amides is 1. The summed E-state index contributed by atoms with van der Waals surface area (Å²) in [6.45, 7) is 0.172. The van der Waals surface area contributed by atoms with Gasteiger partial charge in [-0.3, -0.25) is 15.6 Å². The maximum atomic E-state index is 12.0. The average molecular weight is 347 g/mol. The third-order valence-electron chi connectivity index (χ3n) is 3.14. The number of benzene rings is 2. The van der Waals surface area contributed by atoms with Gasteiger partial charge in [-0.1, -0.05) is 0 Å². The maximum absolute atomic E-state index is 12.0. The molecule has 0 radical (unpaired) electrons. The number of phenolic OH excluding ortho intramolecular Hbond substituents is 2. The van der Waals surface area contributed by atoms with Gasteiger partial charge >= 0.3 is 0 Å². The summed E-state index contributed by atoms with van der Waals surface area (Å²) in [7, 11) is 0. The predicted molar refractivity (Wildman–Crippen MR) is 89.2 cm³/mol. The number of hydrazine groups is 1. The Morgan fingerprint density at radius 3 is 2.67 bits per heavy atom. The van der Waals surface area contributed by atoms with Crippen LogP contribution in [-0.4, -0.2) is 28.0 Å². The zero-order chi connectivity index (χ0) is 17.1. The summed E-state index contributed by atoms with van der Waals surface area (Å²) in [5.74, 6) is 0.183. The van der Waals surface area contributed by atoms with Crippen molar-refractivity contribution in [3.8, 4) is 23.0 Å². The van der Waals surface area contributed by atoms with Gasteiger partial charge in [0.25, 0.3) is 5.91 Å². The number of hydrogen-bond acceptors (Lipinski definition) is 6. The molecule has 9 heteroatoms. The summed E-state index contributed by atoms with van der Waals surface area (Å²) in [5.41, 5.74) is 5.37. The molecule has 8 nitrogen and oxygen atoms in total. The number of rotatable bonds is 2. The molecule has 1 amide bonds. The number of phenols is 2. The number of fused-ring (bicyclic) bond motifs is 1. The van der Waals surface area contributed by atoms with E-state index in [4.69, 9.17) is 21.7 Å². The Hall–Kier alpha value is -3.20. The van der Waals surface area contributed by atoms with Crippen molar-refractivity contribution in [2.75, 3.05) is 12.1 Å². The second-order valence-electron chi connectivity index (χ2n) is 4.80. The SMILES string of the molecule is O=C(NNC(=S)Nc1ccc2c(c1)OCO2)c1cc(O)ccc1O. The van der Waals surface area contributed by atoms with Crippen LogP contribution < -0.4 is 25.6 Å². The number of ether oxygens (including phenoxy) is 2. The molecule has 2 aromatic carbocycles. The van der Waals surface area contributed by atoms with E-state index in [1.54, 1.807) is 18.2 Å². The Balaban J connectivity index is 1.57. The second-order valence-corrected chi connectivity index (χ2v) is 5.21. The molecule has 1 aliphatic rings. The average Bonchev–Trinajstić information content (AvgIpc) is 3.02. The molecular weight excluding hydrogens is 334 g/mol. The van der Waals surface area contributed by atoms with Crippen molar-refractivity contribution in [1.29, 1.82) is 0 Å². The molecule has 0 spiro atoms. The number of anilines is 1. The number of carbonyl (C=O) groups is 1. The van der Waals surface area contributed by atoms with Gasteiger partial charge in [-0.05, 0) is 42.5 Å². The zero-order valence-electron chi connectivity index (χ0n) is 12.2. The fourth-order valence-electron chi connectivity index (χ4n) is 2.02. The normalized spacial score (nSPS) is 11.7. The first-order valence-electron chi connectivity index (χ1n) is 6.82. The zero-order valence-corrected chi connectivity index (χ0v) is 13.0. The van der Waals surface area contributed by atoms with E-state index < -0.39 is 5.91 Å². The number of nitrogens with one attached hydrogen (secondary N) is 3. The van der Waals surface area contributed by atoms with E-state index in [0.29, 0.717) is 17.2 Å². The molecule has 1 aliphatic heterocycles. The van der Waals surface area contributed by atoms with Crippen molar-refractivity contribution in [1.82, 2.24) is 10.9 Å². The van der Waals surface area contributed by atoms with Crippen LogP contribution in [0.1, 0.15) is 10.4 Å². The van der Waals surface area contributed by atoms with Gasteiger partial charge in [0.05, 0.1) is 5.56 Å². The standard InChI is InChI=1S/C15H13N3O5S/c19-9-2-3-11(20)10(6-9)14(21)17-18-15(24)16-8-1-4-12-13(5-8)23-7-22-12/h1-6,19-20H,7H2,(H,17,21)(H2,16,18,24). The summed E-state index contributed by atoms with van der Waals surface area (Å²) in [6.07, 6.45) is 0. The highest BCUT2D eigenvalue weighted by Gasteiger charge is 2.14. The molecule has 1 heterocycles. The van der Waals surface area contributed by atoms with Gasteiger partial charge in [-0.15, -0.1) is 0 Å². The van der Waals surface area contributed by atoms with E-state index in [-0.39, 0.29) is 29.0 Å². The van der Waals surface area contributed by atoms with E-state index in [9.17, 15) is 15.0 Å². The topological polar surface area (TPSA) is 112 Å². The third-order valence-corrected chi connectivity index (χ3v) is 3.35. The molecule has 0 unspecified atom stereocenters. The lowest BCUT2D eigenvalue weighted by molar-refractivity contribution is 0.0941. The fraction of sp³-hybridized carbons (Fsp3) is 0.0667. The van der Waals surface area contributed by atoms with E-state index in [2.05, 4.69) is 16.2 Å². The van der Waals surface area contributed by atoms with Crippen LogP contribution in [0.5, 0.6) is 23.0 Å². The van der Waals surface area contributed by atoms with Gasteiger partial charge in [-0.2, -0.15) is 0 Å². The first-order valence-corrected chi connectivity index (χ1v) is 7.23. The Bertz CT molecular complexity index is 812. The molecule has 3 rings (SSSR count). The van der Waals surface area contributed by atoms with Gasteiger partial charge in [-0.25, -0.2) is 0 Å². The molecule has 0 atom stereocenters. The first kappa shape index (κ1) is 15.7. The van der Waals surface area contributed by atoms with Gasteiger partial charge in [0.2, 0.25) is 6.79 Å². The summed E-state index contributed by atoms with van der Waals surface area (Å²) < 4.78 is 10.5. The van der Waals surface area contributed by atoms with Crippen LogP contribution in [0.25, 0.3) is 0 Å². The van der Waals surface area contributed by atoms with Crippen LogP contribution in [0.4, 0.5) is 5.69 Å². The molecule has 0 aliphatic carbocycles. The largest absolute Gasteiger partial charge is 0.508 e. The van der Waals surface area contributed by atoms with Gasteiger partial charge in [0.15, 0.2) is 16.6 Å². The number of carbonyl (C=O) groups excluding carboxylic acids is 1. The van der Waals surface area contributed by atoms with Crippen LogP contribution in [0.3, 0.4) is 0 Å². The molecule has 0 aromatic heterocycles. The van der Waals surface area contributed by atoms with Crippen molar-refractivity contribution in [3.63, 3.8) is 0 Å². The van der Waals surface area contributed by atoms with Gasteiger partial charge in [0, 0.05) is 11.8 Å². The van der Waals surface area contributed by atoms with Crippen LogP contribution >= 0.6 is 12.2 Å². The quantitative estimate of drug-likeness (QED) is 0.315. The number of hydrogen-bond donors (Lipinski definition) is 5. The lowest BCUT2D eigenvalue weighted by atomic mass is 10.2. The molecule has 0 fully saturated rings. The highest BCUT2D eigenvalue weighted by atomic mass is 32.1. The monoisotopic (exact) mass is 347 g/mol. The summed E-state index contributed by atoms with van der Waals surface area (Å²) in [5, 5.41) is 22.0. The molecule has 2 aromatic rings. The lowest BCUT2D eigenvalue weighted by Gasteiger charge is -2.12. The first-order chi connectivity index (χ1) is 11.5. The molecular formula is C15H13N3O5S. The van der Waals surface area contributed by atoms with Gasteiger partial charge < -0.3 is 25.0 Å². The van der Waals surface area contributed by atoms with Crippen molar-refractivity contribution >= 4 is 28.9 Å². The van der Waals surface area contributed by atoms with E-state index in [1.165, 1.54) is 12.1 Å². The number of thiocarbonyl (C=S) groups is 1. The molecule has 5 N–H and O–H groups in total. The highest BCUT2D eigenvalue weighted by Crippen LogP contribution is 2.34. The Morgan fingerprint density at radius 2 is 1.83 bits per heavy atom. The fourth-order valence-corrected chi connectivity index (χ4v) is 2.19. The number of aromatic hydroxyl groups is 2. The predicted octanol–water partition coefficient (Wildman–Crippen LogP) is 1.46. The minimum Gasteiger partial charge on any atom is -0.508 e. The van der Waals surface area contributed by atoms with Crippen LogP contribution in [0.15, 0.2) is 36.4 Å². The van der Waals surface area contributed by atoms with Crippen molar-refractivity contribution in [2.45, 2.75) is 0 Å². The summed E-state index contributed by atoms with van der Waals surface area (Å²) in [4.78, 5) is 12.0. The van der Waals surface area contributed by atoms with Crippen molar-refractivity contribution < 1.29 is 24.5 Å². The van der Waals surface area contributed by atoms with Crippen LogP contribution in [0, 0.1) is 0 Å². The Labute approximate surface area is 142 Å². The molecule has 24 heavy (non-hydrogen) atoms. The third kappa shape index (κ3) is 3.41. The van der Waals surface area contributed by atoms with Gasteiger partial charge in [0.1, 0.15) is 11.5 Å². The summed E-state index contributed by atoms with van der Waals surface area (Å²) >= 11 is 5.07.